The highest BCUT2D eigenvalue weighted by Gasteiger charge is 2.22. The van der Waals surface area contributed by atoms with Crippen molar-refractivity contribution in [1.29, 1.82) is 0 Å². The molecule has 2 unspecified atom stereocenters. The molecule has 0 heterocycles. The Morgan fingerprint density at radius 3 is 2.57 bits per heavy atom. The summed E-state index contributed by atoms with van der Waals surface area (Å²) in [6, 6.07) is 4.75. The van der Waals surface area contributed by atoms with Gasteiger partial charge in [0.05, 0.1) is 6.04 Å². The molecule has 0 aliphatic carbocycles. The van der Waals surface area contributed by atoms with Gasteiger partial charge in [0.15, 0.2) is 0 Å². The number of carboxylic acids is 1. The van der Waals surface area contributed by atoms with Crippen LogP contribution < -0.4 is 10.6 Å². The first kappa shape index (κ1) is 17.1. The number of hydrogen-bond donors (Lipinski definition) is 3. The molecule has 0 radical (unpaired) electrons. The van der Waals surface area contributed by atoms with E-state index in [9.17, 15) is 14.0 Å². The Morgan fingerprint density at radius 2 is 2.00 bits per heavy atom. The molecule has 0 aromatic heterocycles. The zero-order valence-electron chi connectivity index (χ0n) is 12.2. The second-order valence-electron chi connectivity index (χ2n) is 4.88. The lowest BCUT2D eigenvalue weighted by Crippen LogP contribution is -2.49. The normalized spacial score (nSPS) is 13.5. The third-order valence-corrected chi connectivity index (χ3v) is 3.13. The van der Waals surface area contributed by atoms with Gasteiger partial charge in [-0.15, -0.1) is 0 Å². The number of aliphatic carboxylic acids is 1. The number of rotatable bonds is 8. The van der Waals surface area contributed by atoms with Crippen molar-refractivity contribution in [2.45, 2.75) is 45.3 Å². The maximum absolute atomic E-state index is 13.4. The highest BCUT2D eigenvalue weighted by Crippen LogP contribution is 2.05. The van der Waals surface area contributed by atoms with Crippen molar-refractivity contribution < 1.29 is 19.1 Å². The SMILES string of the molecule is CCCC(NC(C)C(=O)NCc1ccccc1F)C(=O)O. The van der Waals surface area contributed by atoms with E-state index in [0.29, 0.717) is 18.4 Å². The quantitative estimate of drug-likeness (QED) is 0.682. The molecule has 2 atom stereocenters. The van der Waals surface area contributed by atoms with Crippen LogP contribution in [0.5, 0.6) is 0 Å². The van der Waals surface area contributed by atoms with Gasteiger partial charge >= 0.3 is 5.97 Å². The molecular weight excluding hydrogens is 275 g/mol. The number of hydrogen-bond acceptors (Lipinski definition) is 3. The van der Waals surface area contributed by atoms with E-state index in [4.69, 9.17) is 5.11 Å². The molecule has 1 amide bonds. The van der Waals surface area contributed by atoms with Crippen LogP contribution in [0.25, 0.3) is 0 Å². The molecule has 6 heteroatoms. The topological polar surface area (TPSA) is 78.4 Å². The summed E-state index contributed by atoms with van der Waals surface area (Å²) in [6.45, 7) is 3.53. The maximum atomic E-state index is 13.4. The van der Waals surface area contributed by atoms with Gasteiger partial charge in [-0.25, -0.2) is 4.39 Å². The van der Waals surface area contributed by atoms with Crippen molar-refractivity contribution in [3.8, 4) is 0 Å². The summed E-state index contributed by atoms with van der Waals surface area (Å²) in [6.07, 6.45) is 1.15. The number of halogens is 1. The van der Waals surface area contributed by atoms with Crippen LogP contribution in [0.15, 0.2) is 24.3 Å². The summed E-state index contributed by atoms with van der Waals surface area (Å²) in [5.74, 6) is -1.72. The van der Waals surface area contributed by atoms with E-state index in [1.165, 1.54) is 6.07 Å². The molecule has 1 rings (SSSR count). The molecule has 0 aliphatic rings. The molecule has 0 spiro atoms. The Balaban J connectivity index is 2.51. The number of nitrogens with one attached hydrogen (secondary N) is 2. The third-order valence-electron chi connectivity index (χ3n) is 3.13. The Morgan fingerprint density at radius 1 is 1.33 bits per heavy atom. The molecule has 0 saturated heterocycles. The minimum atomic E-state index is -0.981. The fourth-order valence-electron chi connectivity index (χ4n) is 1.92. The number of carboxylic acid groups (broad SMARTS) is 1. The van der Waals surface area contributed by atoms with Crippen LogP contribution in [0, 0.1) is 5.82 Å². The van der Waals surface area contributed by atoms with E-state index in [1.807, 2.05) is 6.92 Å². The van der Waals surface area contributed by atoms with Crippen LogP contribution >= 0.6 is 0 Å². The van der Waals surface area contributed by atoms with Crippen LogP contribution in [0.2, 0.25) is 0 Å². The van der Waals surface area contributed by atoms with Crippen LogP contribution in [-0.2, 0) is 16.1 Å². The van der Waals surface area contributed by atoms with Gasteiger partial charge in [-0.1, -0.05) is 31.5 Å². The second-order valence-corrected chi connectivity index (χ2v) is 4.88. The molecule has 0 saturated carbocycles. The van der Waals surface area contributed by atoms with Crippen LogP contribution in [0.3, 0.4) is 0 Å². The predicted molar refractivity (Wildman–Crippen MR) is 77.2 cm³/mol. The average Bonchev–Trinajstić information content (AvgIpc) is 2.45. The van der Waals surface area contributed by atoms with Crippen LogP contribution in [0.4, 0.5) is 4.39 Å². The lowest BCUT2D eigenvalue weighted by Gasteiger charge is -2.19. The summed E-state index contributed by atoms with van der Waals surface area (Å²) in [5.41, 5.74) is 0.390. The van der Waals surface area contributed by atoms with Gasteiger partial charge in [0, 0.05) is 12.1 Å². The third kappa shape index (κ3) is 5.51. The zero-order valence-corrected chi connectivity index (χ0v) is 12.2. The van der Waals surface area contributed by atoms with Crippen molar-refractivity contribution in [2.24, 2.45) is 0 Å². The minimum Gasteiger partial charge on any atom is -0.480 e. The standard InChI is InChI=1S/C15H21FN2O3/c1-3-6-13(15(20)21)18-10(2)14(19)17-9-11-7-4-5-8-12(11)16/h4-5,7-8,10,13,18H,3,6,9H2,1-2H3,(H,17,19)(H,20,21). The van der Waals surface area contributed by atoms with E-state index in [0.717, 1.165) is 0 Å². The van der Waals surface area contributed by atoms with E-state index in [1.54, 1.807) is 25.1 Å². The first-order chi connectivity index (χ1) is 9.95. The van der Waals surface area contributed by atoms with Crippen LogP contribution in [-0.4, -0.2) is 29.1 Å². The molecule has 0 aliphatic heterocycles. The molecular formula is C15H21FN2O3. The molecule has 1 aromatic carbocycles. The van der Waals surface area contributed by atoms with Gasteiger partial charge in [-0.05, 0) is 19.4 Å². The van der Waals surface area contributed by atoms with Crippen LogP contribution in [0.1, 0.15) is 32.3 Å². The minimum absolute atomic E-state index is 0.0725. The van der Waals surface area contributed by atoms with Gasteiger partial charge in [0.25, 0.3) is 0 Å². The molecule has 0 fully saturated rings. The predicted octanol–water partition coefficient (Wildman–Crippen LogP) is 1.67. The highest BCUT2D eigenvalue weighted by molar-refractivity contribution is 5.82. The summed E-state index contributed by atoms with van der Waals surface area (Å²) < 4.78 is 13.4. The molecule has 1 aromatic rings. The Bertz CT molecular complexity index is 494. The first-order valence-corrected chi connectivity index (χ1v) is 6.95. The lowest BCUT2D eigenvalue weighted by atomic mass is 10.1. The van der Waals surface area contributed by atoms with Crippen molar-refractivity contribution in [3.05, 3.63) is 35.6 Å². The molecule has 3 N–H and O–H groups in total. The highest BCUT2D eigenvalue weighted by atomic mass is 19.1. The van der Waals surface area contributed by atoms with E-state index in [-0.39, 0.29) is 18.3 Å². The Labute approximate surface area is 123 Å². The smallest absolute Gasteiger partial charge is 0.320 e. The largest absolute Gasteiger partial charge is 0.480 e. The van der Waals surface area contributed by atoms with Crippen molar-refractivity contribution in [1.82, 2.24) is 10.6 Å². The monoisotopic (exact) mass is 296 g/mol. The fraction of sp³-hybridized carbons (Fsp3) is 0.467. The molecule has 116 valence electrons. The van der Waals surface area contributed by atoms with E-state index in [2.05, 4.69) is 10.6 Å². The number of amides is 1. The maximum Gasteiger partial charge on any atom is 0.320 e. The lowest BCUT2D eigenvalue weighted by molar-refractivity contribution is -0.140. The number of carbonyl (C=O) groups excluding carboxylic acids is 1. The Kier molecular flexibility index (Phi) is 6.81. The second kappa shape index (κ2) is 8.36. The molecule has 21 heavy (non-hydrogen) atoms. The summed E-state index contributed by atoms with van der Waals surface area (Å²) in [7, 11) is 0. The van der Waals surface area contributed by atoms with Gasteiger partial charge in [-0.2, -0.15) is 0 Å². The van der Waals surface area contributed by atoms with Gasteiger partial charge < -0.3 is 10.4 Å². The molecule has 5 nitrogen and oxygen atoms in total. The van der Waals surface area contributed by atoms with Gasteiger partial charge in [0.2, 0.25) is 5.91 Å². The van der Waals surface area contributed by atoms with Crippen molar-refractivity contribution >= 4 is 11.9 Å². The van der Waals surface area contributed by atoms with Gasteiger partial charge in [-0.3, -0.25) is 14.9 Å². The van der Waals surface area contributed by atoms with E-state index < -0.39 is 18.1 Å². The number of benzene rings is 1. The summed E-state index contributed by atoms with van der Waals surface area (Å²) in [4.78, 5) is 22.9. The van der Waals surface area contributed by atoms with E-state index >= 15 is 0 Å². The average molecular weight is 296 g/mol. The van der Waals surface area contributed by atoms with Crippen molar-refractivity contribution in [3.63, 3.8) is 0 Å². The van der Waals surface area contributed by atoms with Crippen molar-refractivity contribution in [2.75, 3.05) is 0 Å². The molecule has 0 bridgehead atoms. The first-order valence-electron chi connectivity index (χ1n) is 6.95. The fourth-order valence-corrected chi connectivity index (χ4v) is 1.92. The summed E-state index contributed by atoms with van der Waals surface area (Å²) >= 11 is 0. The summed E-state index contributed by atoms with van der Waals surface area (Å²) in [5, 5.41) is 14.4. The zero-order chi connectivity index (χ0) is 15.8. The Hall–Kier alpha value is -1.95. The van der Waals surface area contributed by atoms with Gasteiger partial charge in [0.1, 0.15) is 11.9 Å². The number of carbonyl (C=O) groups is 2.